The maximum absolute atomic E-state index is 11.5. The van der Waals surface area contributed by atoms with Crippen molar-refractivity contribution in [2.75, 3.05) is 0 Å². The highest BCUT2D eigenvalue weighted by Gasteiger charge is 2.37. The van der Waals surface area contributed by atoms with Crippen LogP contribution in [-0.2, 0) is 9.53 Å². The molecule has 0 heterocycles. The molecule has 0 aromatic carbocycles. The van der Waals surface area contributed by atoms with Crippen molar-refractivity contribution in [1.29, 1.82) is 0 Å². The van der Waals surface area contributed by atoms with Gasteiger partial charge in [-0.3, -0.25) is 0 Å². The van der Waals surface area contributed by atoms with E-state index < -0.39 is 0 Å². The van der Waals surface area contributed by atoms with Crippen molar-refractivity contribution < 1.29 is 9.53 Å². The van der Waals surface area contributed by atoms with E-state index >= 15 is 0 Å². The SMILES string of the molecule is C=C(C)C(=O)OC1CCCC1C1CCCC1. The molecule has 2 aliphatic rings. The standard InChI is InChI=1S/C14H22O2/c1-10(2)14(15)16-13-9-5-8-12(13)11-6-3-4-7-11/h11-13H,1,3-9H2,2H3. The zero-order valence-electron chi connectivity index (χ0n) is 10.2. The smallest absolute Gasteiger partial charge is 0.333 e. The van der Waals surface area contributed by atoms with Crippen LogP contribution in [0, 0.1) is 11.8 Å². The second-order valence-corrected chi connectivity index (χ2v) is 5.36. The Balaban J connectivity index is 1.92. The van der Waals surface area contributed by atoms with Crippen molar-refractivity contribution in [2.45, 2.75) is 58.0 Å². The minimum Gasteiger partial charge on any atom is -0.459 e. The van der Waals surface area contributed by atoms with E-state index in [0.29, 0.717) is 11.5 Å². The molecule has 2 heteroatoms. The third-order valence-corrected chi connectivity index (χ3v) is 4.12. The third-order valence-electron chi connectivity index (χ3n) is 4.12. The number of esters is 1. The maximum Gasteiger partial charge on any atom is 0.333 e. The molecule has 0 bridgehead atoms. The summed E-state index contributed by atoms with van der Waals surface area (Å²) < 4.78 is 5.56. The van der Waals surface area contributed by atoms with E-state index in [-0.39, 0.29) is 12.1 Å². The summed E-state index contributed by atoms with van der Waals surface area (Å²) in [5, 5.41) is 0. The number of ether oxygens (including phenoxy) is 1. The van der Waals surface area contributed by atoms with Crippen molar-refractivity contribution in [3.05, 3.63) is 12.2 Å². The molecule has 2 atom stereocenters. The predicted octanol–water partition coefficient (Wildman–Crippen LogP) is 3.46. The highest BCUT2D eigenvalue weighted by Crippen LogP contribution is 2.41. The number of carbonyl (C=O) groups is 1. The molecular weight excluding hydrogens is 200 g/mol. The average Bonchev–Trinajstić information content (AvgIpc) is 2.85. The van der Waals surface area contributed by atoms with Crippen LogP contribution >= 0.6 is 0 Å². The number of carbonyl (C=O) groups excluding carboxylic acids is 1. The van der Waals surface area contributed by atoms with E-state index in [4.69, 9.17) is 4.74 Å². The summed E-state index contributed by atoms with van der Waals surface area (Å²) in [5.41, 5.74) is 0.525. The Labute approximate surface area is 98.1 Å². The number of hydrogen-bond donors (Lipinski definition) is 0. The van der Waals surface area contributed by atoms with Gasteiger partial charge in [0.05, 0.1) is 0 Å². The Morgan fingerprint density at radius 3 is 2.44 bits per heavy atom. The maximum atomic E-state index is 11.5. The number of rotatable bonds is 3. The van der Waals surface area contributed by atoms with Crippen LogP contribution < -0.4 is 0 Å². The molecule has 2 rings (SSSR count). The molecule has 0 N–H and O–H groups in total. The van der Waals surface area contributed by atoms with Gasteiger partial charge >= 0.3 is 5.97 Å². The van der Waals surface area contributed by atoms with Gasteiger partial charge in [-0.15, -0.1) is 0 Å². The lowest BCUT2D eigenvalue weighted by Gasteiger charge is -2.25. The Bertz CT molecular complexity index is 276. The fourth-order valence-electron chi connectivity index (χ4n) is 3.26. The molecule has 0 spiro atoms. The molecule has 0 radical (unpaired) electrons. The second-order valence-electron chi connectivity index (χ2n) is 5.36. The van der Waals surface area contributed by atoms with Crippen LogP contribution in [0.1, 0.15) is 51.9 Å². The zero-order chi connectivity index (χ0) is 11.5. The van der Waals surface area contributed by atoms with Crippen LogP contribution in [0.3, 0.4) is 0 Å². The van der Waals surface area contributed by atoms with Gasteiger partial charge in [0.2, 0.25) is 0 Å². The molecule has 0 aliphatic heterocycles. The van der Waals surface area contributed by atoms with Crippen molar-refractivity contribution in [2.24, 2.45) is 11.8 Å². The lowest BCUT2D eigenvalue weighted by atomic mass is 9.88. The van der Waals surface area contributed by atoms with Crippen LogP contribution in [0.15, 0.2) is 12.2 Å². The van der Waals surface area contributed by atoms with E-state index in [1.165, 1.54) is 38.5 Å². The summed E-state index contributed by atoms with van der Waals surface area (Å²) in [6.07, 6.45) is 9.10. The lowest BCUT2D eigenvalue weighted by molar-refractivity contribution is -0.146. The van der Waals surface area contributed by atoms with Crippen LogP contribution in [0.25, 0.3) is 0 Å². The largest absolute Gasteiger partial charge is 0.459 e. The molecule has 2 unspecified atom stereocenters. The topological polar surface area (TPSA) is 26.3 Å². The normalized spacial score (nSPS) is 30.6. The van der Waals surface area contributed by atoms with Gasteiger partial charge in [0.25, 0.3) is 0 Å². The first-order valence-electron chi connectivity index (χ1n) is 6.55. The van der Waals surface area contributed by atoms with Gasteiger partial charge in [-0.05, 0) is 38.0 Å². The molecule has 2 saturated carbocycles. The minimum absolute atomic E-state index is 0.173. The molecule has 2 aliphatic carbocycles. The quantitative estimate of drug-likeness (QED) is 0.540. The highest BCUT2D eigenvalue weighted by molar-refractivity contribution is 5.87. The Kier molecular flexibility index (Phi) is 3.67. The monoisotopic (exact) mass is 222 g/mol. The van der Waals surface area contributed by atoms with E-state index in [2.05, 4.69) is 6.58 Å². The Morgan fingerprint density at radius 1 is 1.12 bits per heavy atom. The summed E-state index contributed by atoms with van der Waals surface area (Å²) in [5.74, 6) is 1.24. The highest BCUT2D eigenvalue weighted by atomic mass is 16.5. The first-order valence-corrected chi connectivity index (χ1v) is 6.55. The van der Waals surface area contributed by atoms with E-state index in [1.54, 1.807) is 6.92 Å². The van der Waals surface area contributed by atoms with E-state index in [1.807, 2.05) is 0 Å². The van der Waals surface area contributed by atoms with Crippen molar-refractivity contribution in [3.63, 3.8) is 0 Å². The molecule has 0 aromatic heterocycles. The van der Waals surface area contributed by atoms with E-state index in [9.17, 15) is 4.79 Å². The molecule has 0 amide bonds. The molecule has 0 aromatic rings. The Hall–Kier alpha value is -0.790. The first-order chi connectivity index (χ1) is 7.68. The average molecular weight is 222 g/mol. The second kappa shape index (κ2) is 5.03. The first kappa shape index (κ1) is 11.7. The molecule has 16 heavy (non-hydrogen) atoms. The molecule has 2 nitrogen and oxygen atoms in total. The summed E-state index contributed by atoms with van der Waals surface area (Å²) in [7, 11) is 0. The van der Waals surface area contributed by atoms with Crippen LogP contribution in [0.5, 0.6) is 0 Å². The van der Waals surface area contributed by atoms with Gasteiger partial charge in [0, 0.05) is 5.57 Å². The molecular formula is C14H22O2. The fourth-order valence-corrected chi connectivity index (χ4v) is 3.26. The summed E-state index contributed by atoms with van der Waals surface area (Å²) >= 11 is 0. The zero-order valence-corrected chi connectivity index (χ0v) is 10.2. The van der Waals surface area contributed by atoms with Crippen LogP contribution in [0.4, 0.5) is 0 Å². The minimum atomic E-state index is -0.199. The van der Waals surface area contributed by atoms with Gasteiger partial charge in [-0.2, -0.15) is 0 Å². The van der Waals surface area contributed by atoms with Gasteiger partial charge in [-0.1, -0.05) is 32.3 Å². The van der Waals surface area contributed by atoms with Crippen LogP contribution in [-0.4, -0.2) is 12.1 Å². The molecule has 2 fully saturated rings. The Morgan fingerprint density at radius 2 is 1.81 bits per heavy atom. The molecule has 90 valence electrons. The predicted molar refractivity (Wildman–Crippen MR) is 64.0 cm³/mol. The van der Waals surface area contributed by atoms with Gasteiger partial charge < -0.3 is 4.74 Å². The van der Waals surface area contributed by atoms with Crippen LogP contribution in [0.2, 0.25) is 0 Å². The molecule has 0 saturated heterocycles. The number of hydrogen-bond acceptors (Lipinski definition) is 2. The van der Waals surface area contributed by atoms with Crippen molar-refractivity contribution in [1.82, 2.24) is 0 Å². The van der Waals surface area contributed by atoms with Crippen molar-refractivity contribution >= 4 is 5.97 Å². The van der Waals surface area contributed by atoms with Gasteiger partial charge in [0.15, 0.2) is 0 Å². The van der Waals surface area contributed by atoms with Gasteiger partial charge in [0.1, 0.15) is 6.10 Å². The third kappa shape index (κ3) is 2.47. The fraction of sp³-hybridized carbons (Fsp3) is 0.786. The van der Waals surface area contributed by atoms with Crippen molar-refractivity contribution in [3.8, 4) is 0 Å². The summed E-state index contributed by atoms with van der Waals surface area (Å²) in [6.45, 7) is 5.37. The summed E-state index contributed by atoms with van der Waals surface area (Å²) in [4.78, 5) is 11.5. The van der Waals surface area contributed by atoms with E-state index in [0.717, 1.165) is 12.3 Å². The lowest BCUT2D eigenvalue weighted by Crippen LogP contribution is -2.27. The van der Waals surface area contributed by atoms with Gasteiger partial charge in [-0.25, -0.2) is 4.79 Å². The summed E-state index contributed by atoms with van der Waals surface area (Å²) in [6, 6.07) is 0.